The minimum atomic E-state index is -0.0844. The van der Waals surface area contributed by atoms with Gasteiger partial charge in [-0.05, 0) is 39.0 Å². The molecule has 0 bridgehead atoms. The molecule has 1 aromatic rings. The third kappa shape index (κ3) is 5.17. The Morgan fingerprint density at radius 1 is 1.24 bits per heavy atom. The van der Waals surface area contributed by atoms with Gasteiger partial charge in [-0.2, -0.15) is 0 Å². The van der Waals surface area contributed by atoms with Gasteiger partial charge in [-0.3, -0.25) is 4.79 Å². The van der Waals surface area contributed by atoms with Crippen molar-refractivity contribution in [2.75, 3.05) is 38.5 Å². The summed E-state index contributed by atoms with van der Waals surface area (Å²) >= 11 is 5.85. The summed E-state index contributed by atoms with van der Waals surface area (Å²) in [6.07, 6.45) is 2.37. The van der Waals surface area contributed by atoms with Gasteiger partial charge in [0.05, 0.1) is 17.4 Å². The van der Waals surface area contributed by atoms with Crippen LogP contribution < -0.4 is 5.73 Å². The molecule has 6 heteroatoms. The summed E-state index contributed by atoms with van der Waals surface area (Å²) in [6.45, 7) is 10.7. The number of nitrogens with two attached hydrogens (primary N) is 1. The standard InChI is InChI=1S/C15H25ClN4O/c1-4-19(5-2)8-7-9-20(6-3)15(21)12-10-14(16)18-11-13(12)17/h10-11H,4-9,17H2,1-3H3. The normalized spacial score (nSPS) is 10.9. The second kappa shape index (κ2) is 8.85. The predicted molar refractivity (Wildman–Crippen MR) is 87.6 cm³/mol. The lowest BCUT2D eigenvalue weighted by atomic mass is 10.2. The van der Waals surface area contributed by atoms with Gasteiger partial charge in [0.15, 0.2) is 0 Å². The summed E-state index contributed by atoms with van der Waals surface area (Å²) in [6, 6.07) is 1.53. The van der Waals surface area contributed by atoms with Crippen LogP contribution >= 0.6 is 11.6 Å². The molecule has 1 heterocycles. The highest BCUT2D eigenvalue weighted by molar-refractivity contribution is 6.29. The number of carbonyl (C=O) groups is 1. The Hall–Kier alpha value is -1.33. The summed E-state index contributed by atoms with van der Waals surface area (Å²) in [5.74, 6) is -0.0844. The van der Waals surface area contributed by atoms with E-state index in [4.69, 9.17) is 17.3 Å². The SMILES string of the molecule is CCN(CC)CCCN(CC)C(=O)c1cc(Cl)ncc1N. The molecule has 0 radical (unpaired) electrons. The second-order valence-electron chi connectivity index (χ2n) is 4.86. The maximum Gasteiger partial charge on any atom is 0.256 e. The van der Waals surface area contributed by atoms with E-state index in [1.807, 2.05) is 6.92 Å². The van der Waals surface area contributed by atoms with Crippen molar-refractivity contribution in [2.45, 2.75) is 27.2 Å². The van der Waals surface area contributed by atoms with Gasteiger partial charge >= 0.3 is 0 Å². The molecule has 1 aromatic heterocycles. The van der Waals surface area contributed by atoms with Crippen LogP contribution in [-0.2, 0) is 0 Å². The highest BCUT2D eigenvalue weighted by Crippen LogP contribution is 2.17. The maximum absolute atomic E-state index is 12.5. The van der Waals surface area contributed by atoms with Gasteiger partial charge in [0.1, 0.15) is 5.15 Å². The van der Waals surface area contributed by atoms with Crippen molar-refractivity contribution in [3.63, 3.8) is 0 Å². The molecular weight excluding hydrogens is 288 g/mol. The monoisotopic (exact) mass is 312 g/mol. The number of nitrogen functional groups attached to an aromatic ring is 1. The molecule has 1 amide bonds. The van der Waals surface area contributed by atoms with E-state index in [1.54, 1.807) is 4.90 Å². The van der Waals surface area contributed by atoms with Gasteiger partial charge in [0, 0.05) is 13.1 Å². The number of halogens is 1. The minimum absolute atomic E-state index is 0.0844. The van der Waals surface area contributed by atoms with Gasteiger partial charge in [0.2, 0.25) is 0 Å². The first kappa shape index (κ1) is 17.7. The number of hydrogen-bond donors (Lipinski definition) is 1. The van der Waals surface area contributed by atoms with Crippen LogP contribution in [0.5, 0.6) is 0 Å². The first-order valence-corrected chi connectivity index (χ1v) is 7.83. The molecule has 0 spiro atoms. The quantitative estimate of drug-likeness (QED) is 0.749. The number of aromatic nitrogens is 1. The van der Waals surface area contributed by atoms with Crippen molar-refractivity contribution in [1.82, 2.24) is 14.8 Å². The van der Waals surface area contributed by atoms with E-state index in [0.717, 1.165) is 26.1 Å². The molecule has 0 aliphatic heterocycles. The van der Waals surface area contributed by atoms with E-state index in [9.17, 15) is 4.79 Å². The van der Waals surface area contributed by atoms with Crippen LogP contribution in [0.4, 0.5) is 5.69 Å². The minimum Gasteiger partial charge on any atom is -0.397 e. The van der Waals surface area contributed by atoms with Crippen LogP contribution in [0.15, 0.2) is 12.3 Å². The molecule has 0 aliphatic carbocycles. The lowest BCUT2D eigenvalue weighted by Gasteiger charge is -2.24. The van der Waals surface area contributed by atoms with E-state index in [-0.39, 0.29) is 11.1 Å². The summed E-state index contributed by atoms with van der Waals surface area (Å²) < 4.78 is 0. The van der Waals surface area contributed by atoms with Crippen molar-refractivity contribution in [1.29, 1.82) is 0 Å². The van der Waals surface area contributed by atoms with Crippen molar-refractivity contribution in [3.8, 4) is 0 Å². The van der Waals surface area contributed by atoms with Crippen LogP contribution in [0.1, 0.15) is 37.6 Å². The molecule has 0 atom stereocenters. The largest absolute Gasteiger partial charge is 0.397 e. The third-order valence-corrected chi connectivity index (χ3v) is 3.80. The zero-order chi connectivity index (χ0) is 15.8. The van der Waals surface area contributed by atoms with Crippen LogP contribution in [-0.4, -0.2) is 53.4 Å². The maximum atomic E-state index is 12.5. The fourth-order valence-corrected chi connectivity index (χ4v) is 2.38. The lowest BCUT2D eigenvalue weighted by Crippen LogP contribution is -2.34. The molecule has 118 valence electrons. The predicted octanol–water partition coefficient (Wildman–Crippen LogP) is 2.51. The fraction of sp³-hybridized carbons (Fsp3) is 0.600. The number of rotatable bonds is 8. The van der Waals surface area contributed by atoms with Crippen molar-refractivity contribution in [3.05, 3.63) is 23.0 Å². The van der Waals surface area contributed by atoms with Gasteiger partial charge in [-0.25, -0.2) is 4.98 Å². The number of nitrogens with zero attached hydrogens (tertiary/aromatic N) is 3. The van der Waals surface area contributed by atoms with E-state index in [2.05, 4.69) is 23.7 Å². The molecule has 5 nitrogen and oxygen atoms in total. The van der Waals surface area contributed by atoms with Gasteiger partial charge in [-0.1, -0.05) is 25.4 Å². The van der Waals surface area contributed by atoms with E-state index in [0.29, 0.717) is 24.3 Å². The van der Waals surface area contributed by atoms with Gasteiger partial charge in [0.25, 0.3) is 5.91 Å². The smallest absolute Gasteiger partial charge is 0.256 e. The first-order chi connectivity index (χ1) is 10.0. The molecule has 2 N–H and O–H groups in total. The summed E-state index contributed by atoms with van der Waals surface area (Å²) in [4.78, 5) is 20.5. The Morgan fingerprint density at radius 3 is 2.48 bits per heavy atom. The third-order valence-electron chi connectivity index (χ3n) is 3.60. The summed E-state index contributed by atoms with van der Waals surface area (Å²) in [7, 11) is 0. The number of amides is 1. The second-order valence-corrected chi connectivity index (χ2v) is 5.25. The first-order valence-electron chi connectivity index (χ1n) is 7.46. The van der Waals surface area contributed by atoms with E-state index < -0.39 is 0 Å². The molecule has 1 rings (SSSR count). The van der Waals surface area contributed by atoms with Gasteiger partial charge in [-0.15, -0.1) is 0 Å². The average Bonchev–Trinajstić information content (AvgIpc) is 2.49. The number of hydrogen-bond acceptors (Lipinski definition) is 4. The number of carbonyl (C=O) groups excluding carboxylic acids is 1. The molecule has 0 fully saturated rings. The molecular formula is C15H25ClN4O. The Bertz CT molecular complexity index is 463. The Morgan fingerprint density at radius 2 is 1.90 bits per heavy atom. The average molecular weight is 313 g/mol. The van der Waals surface area contributed by atoms with Crippen LogP contribution in [0, 0.1) is 0 Å². The van der Waals surface area contributed by atoms with E-state index >= 15 is 0 Å². The van der Waals surface area contributed by atoms with Gasteiger partial charge < -0.3 is 15.5 Å². The summed E-state index contributed by atoms with van der Waals surface area (Å²) in [5, 5.41) is 0.284. The zero-order valence-corrected chi connectivity index (χ0v) is 13.9. The van der Waals surface area contributed by atoms with Crippen LogP contribution in [0.3, 0.4) is 0 Å². The molecule has 0 saturated heterocycles. The van der Waals surface area contributed by atoms with Crippen LogP contribution in [0.25, 0.3) is 0 Å². The highest BCUT2D eigenvalue weighted by atomic mass is 35.5. The lowest BCUT2D eigenvalue weighted by molar-refractivity contribution is 0.0758. The summed E-state index contributed by atoms with van der Waals surface area (Å²) in [5.41, 5.74) is 6.62. The van der Waals surface area contributed by atoms with Crippen molar-refractivity contribution in [2.24, 2.45) is 0 Å². The molecule has 21 heavy (non-hydrogen) atoms. The molecule has 0 aromatic carbocycles. The number of anilines is 1. The highest BCUT2D eigenvalue weighted by Gasteiger charge is 2.17. The van der Waals surface area contributed by atoms with Crippen molar-refractivity contribution < 1.29 is 4.79 Å². The zero-order valence-electron chi connectivity index (χ0n) is 13.1. The van der Waals surface area contributed by atoms with Crippen LogP contribution in [0.2, 0.25) is 5.15 Å². The Labute approximate surface area is 132 Å². The topological polar surface area (TPSA) is 62.5 Å². The fourth-order valence-electron chi connectivity index (χ4n) is 2.22. The molecule has 0 aliphatic rings. The molecule has 0 unspecified atom stereocenters. The Kier molecular flexibility index (Phi) is 7.47. The van der Waals surface area contributed by atoms with E-state index in [1.165, 1.54) is 12.3 Å². The van der Waals surface area contributed by atoms with Crippen molar-refractivity contribution >= 4 is 23.2 Å². The number of pyridine rings is 1. The Balaban J connectivity index is 2.67. The molecule has 0 saturated carbocycles.